The van der Waals surface area contributed by atoms with E-state index in [1.54, 1.807) is 6.92 Å². The summed E-state index contributed by atoms with van der Waals surface area (Å²) in [7, 11) is 0. The number of rotatable bonds is 2. The number of carbonyl (C=O) groups excluding carboxylic acids is 1. The lowest BCUT2D eigenvalue weighted by atomic mass is 9.98. The molecule has 96 valence electrons. The molecule has 0 aliphatic carbocycles. The van der Waals surface area contributed by atoms with Crippen molar-refractivity contribution >= 4 is 11.5 Å². The third kappa shape index (κ3) is 1.93. The van der Waals surface area contributed by atoms with Crippen molar-refractivity contribution in [3.05, 3.63) is 29.8 Å². The van der Waals surface area contributed by atoms with Gasteiger partial charge in [-0.3, -0.25) is 4.79 Å². The molecule has 18 heavy (non-hydrogen) atoms. The summed E-state index contributed by atoms with van der Waals surface area (Å²) in [4.78, 5) is 13.9. The first-order chi connectivity index (χ1) is 8.65. The number of hydrogen-bond donors (Lipinski definition) is 1. The fourth-order valence-corrected chi connectivity index (χ4v) is 3.46. The first-order valence-corrected chi connectivity index (χ1v) is 6.72. The van der Waals surface area contributed by atoms with E-state index >= 15 is 0 Å². The zero-order chi connectivity index (χ0) is 12.7. The molecular formula is C15H19NO2. The Morgan fingerprint density at radius 2 is 1.94 bits per heavy atom. The molecule has 1 aromatic rings. The maximum absolute atomic E-state index is 11.5. The van der Waals surface area contributed by atoms with E-state index in [4.69, 9.17) is 0 Å². The first kappa shape index (κ1) is 11.7. The number of aliphatic hydroxyl groups is 1. The Morgan fingerprint density at radius 1 is 1.28 bits per heavy atom. The number of carbonyl (C=O) groups is 1. The second kappa shape index (κ2) is 4.39. The standard InChI is InChI=1S/C15H19NO2/c1-10(17)11-3-2-4-12(7-11)16-13-5-6-14(16)9-15(18)8-13/h2-4,7,13-15,18H,5-6,8-9H2,1H3. The topological polar surface area (TPSA) is 40.5 Å². The van der Waals surface area contributed by atoms with E-state index in [9.17, 15) is 9.90 Å². The normalized spacial score (nSPS) is 30.6. The van der Waals surface area contributed by atoms with Gasteiger partial charge in [0.1, 0.15) is 0 Å². The van der Waals surface area contributed by atoms with Gasteiger partial charge in [0, 0.05) is 23.3 Å². The highest BCUT2D eigenvalue weighted by molar-refractivity contribution is 5.95. The van der Waals surface area contributed by atoms with Gasteiger partial charge in [0.2, 0.25) is 0 Å². The Bertz CT molecular complexity index is 457. The fourth-order valence-electron chi connectivity index (χ4n) is 3.46. The first-order valence-electron chi connectivity index (χ1n) is 6.72. The van der Waals surface area contributed by atoms with Gasteiger partial charge in [0.05, 0.1) is 6.10 Å². The van der Waals surface area contributed by atoms with Crippen molar-refractivity contribution in [2.45, 2.75) is 50.8 Å². The van der Waals surface area contributed by atoms with Crippen molar-refractivity contribution < 1.29 is 9.90 Å². The minimum Gasteiger partial charge on any atom is -0.393 e. The predicted octanol–water partition coefficient (Wildman–Crippen LogP) is 2.38. The Morgan fingerprint density at radius 3 is 2.56 bits per heavy atom. The molecule has 1 N–H and O–H groups in total. The minimum absolute atomic E-state index is 0.112. The SMILES string of the molecule is CC(=O)c1cccc(N2C3CCC2CC(O)C3)c1. The van der Waals surface area contributed by atoms with Crippen molar-refractivity contribution in [1.29, 1.82) is 0 Å². The van der Waals surface area contributed by atoms with Crippen LogP contribution in [0.2, 0.25) is 0 Å². The zero-order valence-corrected chi connectivity index (χ0v) is 10.7. The second-order valence-corrected chi connectivity index (χ2v) is 5.52. The van der Waals surface area contributed by atoms with Crippen LogP contribution in [0.25, 0.3) is 0 Å². The molecule has 1 aromatic carbocycles. The number of hydrogen-bond acceptors (Lipinski definition) is 3. The van der Waals surface area contributed by atoms with E-state index in [1.165, 1.54) is 0 Å². The summed E-state index contributed by atoms with van der Waals surface area (Å²) in [5.74, 6) is 0.112. The molecule has 3 rings (SSSR count). The van der Waals surface area contributed by atoms with E-state index in [0.29, 0.717) is 12.1 Å². The third-order valence-corrected chi connectivity index (χ3v) is 4.26. The molecule has 3 nitrogen and oxygen atoms in total. The summed E-state index contributed by atoms with van der Waals surface area (Å²) < 4.78 is 0. The van der Waals surface area contributed by atoms with Crippen molar-refractivity contribution in [2.75, 3.05) is 4.90 Å². The van der Waals surface area contributed by atoms with Gasteiger partial charge in [-0.05, 0) is 44.7 Å². The molecule has 0 amide bonds. The third-order valence-electron chi connectivity index (χ3n) is 4.26. The number of piperidine rings is 1. The molecule has 0 radical (unpaired) electrons. The fraction of sp³-hybridized carbons (Fsp3) is 0.533. The summed E-state index contributed by atoms with van der Waals surface area (Å²) in [6, 6.07) is 8.78. The summed E-state index contributed by atoms with van der Waals surface area (Å²) in [6.07, 6.45) is 3.90. The summed E-state index contributed by atoms with van der Waals surface area (Å²) in [6.45, 7) is 1.60. The molecule has 2 aliphatic rings. The van der Waals surface area contributed by atoms with Crippen LogP contribution in [0.1, 0.15) is 43.0 Å². The lowest BCUT2D eigenvalue weighted by Crippen LogP contribution is -2.44. The van der Waals surface area contributed by atoms with Crippen molar-refractivity contribution in [1.82, 2.24) is 0 Å². The molecule has 2 aliphatic heterocycles. The van der Waals surface area contributed by atoms with Gasteiger partial charge >= 0.3 is 0 Å². The average Bonchev–Trinajstić information content (AvgIpc) is 2.62. The van der Waals surface area contributed by atoms with Crippen LogP contribution in [-0.4, -0.2) is 29.1 Å². The summed E-state index contributed by atoms with van der Waals surface area (Å²) in [5.41, 5.74) is 1.92. The number of fused-ring (bicyclic) bond motifs is 2. The highest BCUT2D eigenvalue weighted by atomic mass is 16.3. The summed E-state index contributed by atoms with van der Waals surface area (Å²) in [5, 5.41) is 9.82. The molecule has 2 bridgehead atoms. The Hall–Kier alpha value is -1.35. The van der Waals surface area contributed by atoms with E-state index in [2.05, 4.69) is 11.0 Å². The van der Waals surface area contributed by atoms with Gasteiger partial charge in [-0.25, -0.2) is 0 Å². The van der Waals surface area contributed by atoms with E-state index in [0.717, 1.165) is 36.9 Å². The maximum Gasteiger partial charge on any atom is 0.159 e. The number of Topliss-reactive ketones (excluding diaryl/α,β-unsaturated/α-hetero) is 1. The van der Waals surface area contributed by atoms with Crippen LogP contribution in [-0.2, 0) is 0 Å². The van der Waals surface area contributed by atoms with E-state index in [-0.39, 0.29) is 11.9 Å². The molecular weight excluding hydrogens is 226 g/mol. The lowest BCUT2D eigenvalue weighted by Gasteiger charge is -2.39. The Labute approximate surface area is 107 Å². The van der Waals surface area contributed by atoms with Crippen LogP contribution in [0.4, 0.5) is 5.69 Å². The van der Waals surface area contributed by atoms with Gasteiger partial charge in [-0.1, -0.05) is 12.1 Å². The van der Waals surface area contributed by atoms with Crippen LogP contribution < -0.4 is 4.90 Å². The monoisotopic (exact) mass is 245 g/mol. The van der Waals surface area contributed by atoms with Gasteiger partial charge < -0.3 is 10.0 Å². The van der Waals surface area contributed by atoms with Crippen molar-refractivity contribution in [2.24, 2.45) is 0 Å². The second-order valence-electron chi connectivity index (χ2n) is 5.52. The Kier molecular flexibility index (Phi) is 2.86. The van der Waals surface area contributed by atoms with Crippen molar-refractivity contribution in [3.8, 4) is 0 Å². The molecule has 2 fully saturated rings. The molecule has 0 spiro atoms. The van der Waals surface area contributed by atoms with Crippen LogP contribution in [0.5, 0.6) is 0 Å². The Balaban J connectivity index is 1.91. The molecule has 2 heterocycles. The molecule has 2 saturated heterocycles. The number of ketones is 1. The molecule has 0 saturated carbocycles. The highest BCUT2D eigenvalue weighted by Crippen LogP contribution is 2.39. The summed E-state index contributed by atoms with van der Waals surface area (Å²) >= 11 is 0. The van der Waals surface area contributed by atoms with Crippen LogP contribution >= 0.6 is 0 Å². The average molecular weight is 245 g/mol. The smallest absolute Gasteiger partial charge is 0.159 e. The number of nitrogens with zero attached hydrogens (tertiary/aromatic N) is 1. The quantitative estimate of drug-likeness (QED) is 0.813. The molecule has 2 atom stereocenters. The van der Waals surface area contributed by atoms with Gasteiger partial charge in [0.25, 0.3) is 0 Å². The number of aliphatic hydroxyl groups excluding tert-OH is 1. The van der Waals surface area contributed by atoms with Gasteiger partial charge in [0.15, 0.2) is 5.78 Å². The van der Waals surface area contributed by atoms with Gasteiger partial charge in [-0.2, -0.15) is 0 Å². The van der Waals surface area contributed by atoms with Crippen molar-refractivity contribution in [3.63, 3.8) is 0 Å². The molecule has 3 heteroatoms. The highest BCUT2D eigenvalue weighted by Gasteiger charge is 2.40. The number of anilines is 1. The minimum atomic E-state index is -0.144. The zero-order valence-electron chi connectivity index (χ0n) is 10.7. The van der Waals surface area contributed by atoms with Gasteiger partial charge in [-0.15, -0.1) is 0 Å². The number of benzene rings is 1. The molecule has 2 unspecified atom stereocenters. The van der Waals surface area contributed by atoms with Crippen LogP contribution in [0.15, 0.2) is 24.3 Å². The van der Waals surface area contributed by atoms with Crippen LogP contribution in [0.3, 0.4) is 0 Å². The maximum atomic E-state index is 11.5. The van der Waals surface area contributed by atoms with E-state index < -0.39 is 0 Å². The van der Waals surface area contributed by atoms with E-state index in [1.807, 2.05) is 18.2 Å². The van der Waals surface area contributed by atoms with Crippen LogP contribution in [0, 0.1) is 0 Å². The molecule has 0 aromatic heterocycles. The lowest BCUT2D eigenvalue weighted by molar-refractivity contribution is 0.101. The predicted molar refractivity (Wildman–Crippen MR) is 71.0 cm³/mol. The largest absolute Gasteiger partial charge is 0.393 e.